The van der Waals surface area contributed by atoms with Crippen molar-refractivity contribution in [2.24, 2.45) is 0 Å². The van der Waals surface area contributed by atoms with Crippen LogP contribution in [0, 0.1) is 0 Å². The van der Waals surface area contributed by atoms with Crippen LogP contribution in [0.25, 0.3) is 71.3 Å². The number of nitrogens with zero attached hydrogens (tertiary/aromatic N) is 1. The van der Waals surface area contributed by atoms with E-state index in [1.165, 1.54) is 0 Å². The number of benzene rings is 7. The summed E-state index contributed by atoms with van der Waals surface area (Å²) in [6.45, 7) is 0. The van der Waals surface area contributed by atoms with E-state index in [4.69, 9.17) is 15.7 Å². The monoisotopic (exact) mass is 518 g/mol. The van der Waals surface area contributed by atoms with Gasteiger partial charge in [-0.05, 0) is 69.9 Å². The van der Waals surface area contributed by atoms with Crippen LogP contribution in [-0.2, 0) is 0 Å². The fourth-order valence-corrected chi connectivity index (χ4v) is 5.88. The van der Waals surface area contributed by atoms with E-state index in [1.54, 1.807) is 0 Å². The Kier molecular flexibility index (Phi) is 2.97. The van der Waals surface area contributed by atoms with Crippen LogP contribution in [0.15, 0.2) is 139 Å². The maximum Gasteiger partial charge on any atom is 0.135 e. The maximum absolute atomic E-state index is 9.48. The minimum absolute atomic E-state index is 0.0118. The lowest BCUT2D eigenvalue weighted by molar-refractivity contribution is 0.487. The summed E-state index contributed by atoms with van der Waals surface area (Å²) in [6.07, 6.45) is 0. The topological polar surface area (TPSA) is 14.2 Å². The first-order valence-corrected chi connectivity index (χ1v) is 13.0. The molecule has 0 saturated heterocycles. The van der Waals surface area contributed by atoms with Crippen LogP contribution in [0.4, 0.5) is 0 Å². The first-order chi connectivity index (χ1) is 23.6. The van der Waals surface area contributed by atoms with E-state index in [0.29, 0.717) is 5.56 Å². The van der Waals surface area contributed by atoms with Gasteiger partial charge < -0.3 is 9.30 Å². The maximum atomic E-state index is 9.48. The van der Waals surface area contributed by atoms with Gasteiger partial charge in [0.25, 0.3) is 0 Å². The third-order valence-electron chi connectivity index (χ3n) is 7.65. The predicted molar refractivity (Wildman–Crippen MR) is 167 cm³/mol. The van der Waals surface area contributed by atoms with Gasteiger partial charge in [-0.25, -0.2) is 0 Å². The summed E-state index contributed by atoms with van der Waals surface area (Å²) in [5, 5.41) is 3.90. The highest BCUT2D eigenvalue weighted by atomic mass is 16.5. The number of hydrogen-bond donors (Lipinski definition) is 0. The van der Waals surface area contributed by atoms with Gasteiger partial charge in [0.1, 0.15) is 11.5 Å². The molecule has 0 spiro atoms. The number of aromatic nitrogens is 1. The zero-order valence-corrected chi connectivity index (χ0v) is 20.9. The molecule has 0 unspecified atom stereocenters. The van der Waals surface area contributed by atoms with Crippen LogP contribution in [0.2, 0.25) is 0 Å². The highest BCUT2D eigenvalue weighted by molar-refractivity contribution is 6.19. The van der Waals surface area contributed by atoms with Crippen LogP contribution < -0.4 is 4.74 Å². The molecule has 9 rings (SSSR count). The third kappa shape index (κ3) is 2.99. The van der Waals surface area contributed by atoms with E-state index in [1.807, 2.05) is 60.7 Å². The summed E-state index contributed by atoms with van der Waals surface area (Å²) in [5.41, 5.74) is 3.50. The number of hydrogen-bond acceptors (Lipinski definition) is 1. The Morgan fingerprint density at radius 2 is 1.43 bits per heavy atom. The van der Waals surface area contributed by atoms with Gasteiger partial charge in [-0.15, -0.1) is 0 Å². The predicted octanol–water partition coefficient (Wildman–Crippen LogP) is 10.5. The van der Waals surface area contributed by atoms with Crippen LogP contribution in [0.1, 0.15) is 12.3 Å². The number of fused-ring (bicyclic) bond motifs is 7. The standard InChI is InChI=1S/C38H23NO/c1-2-11-28(12-3-1)39-34-20-17-26(22-32(34)31-19-16-24-8-4-5-13-29(24)38(31)39)27-18-21-35-33(23-27)30-14-6-9-25-10-7-15-36(40-35)37(25)30/h1-23H/i6D,7D,9D,10D,14D,15D,18D,21D,23D. The molecule has 0 bridgehead atoms. The molecule has 2 heterocycles. The smallest absolute Gasteiger partial charge is 0.135 e. The molecule has 0 aliphatic carbocycles. The summed E-state index contributed by atoms with van der Waals surface area (Å²) in [5.74, 6) is -0.444. The largest absolute Gasteiger partial charge is 0.456 e. The van der Waals surface area contributed by atoms with Crippen LogP contribution in [0.5, 0.6) is 11.5 Å². The Balaban J connectivity index is 1.38. The number of ether oxygens (including phenoxy) is 1. The molecule has 8 aromatic rings. The van der Waals surface area contributed by atoms with Gasteiger partial charge in [0.05, 0.1) is 23.4 Å². The van der Waals surface area contributed by atoms with E-state index >= 15 is 0 Å². The zero-order chi connectivity index (χ0) is 34.0. The van der Waals surface area contributed by atoms with Crippen molar-refractivity contribution in [2.75, 3.05) is 0 Å². The molecule has 1 aromatic heterocycles. The molecular formula is C38H23NO. The minimum atomic E-state index is -0.515. The molecule has 0 radical (unpaired) electrons. The molecule has 7 aromatic carbocycles. The van der Waals surface area contributed by atoms with Gasteiger partial charge in [0.15, 0.2) is 0 Å². The van der Waals surface area contributed by atoms with Gasteiger partial charge >= 0.3 is 0 Å². The lowest BCUT2D eigenvalue weighted by atomic mass is 9.92. The van der Waals surface area contributed by atoms with Crippen molar-refractivity contribution in [3.63, 3.8) is 0 Å². The quantitative estimate of drug-likeness (QED) is 0.222. The average molecular weight is 519 g/mol. The molecule has 0 N–H and O–H groups in total. The van der Waals surface area contributed by atoms with E-state index in [2.05, 4.69) is 28.8 Å². The van der Waals surface area contributed by atoms with E-state index in [9.17, 15) is 1.37 Å². The van der Waals surface area contributed by atoms with Gasteiger partial charge in [-0.3, -0.25) is 0 Å². The lowest BCUT2D eigenvalue weighted by Crippen LogP contribution is -1.97. The Labute approximate surface area is 244 Å². The van der Waals surface area contributed by atoms with Crippen molar-refractivity contribution >= 4 is 43.4 Å². The van der Waals surface area contributed by atoms with Gasteiger partial charge in [-0.2, -0.15) is 0 Å². The second kappa shape index (κ2) is 8.08. The van der Waals surface area contributed by atoms with Crippen molar-refractivity contribution in [1.29, 1.82) is 0 Å². The summed E-state index contributed by atoms with van der Waals surface area (Å²) >= 11 is 0. The minimum Gasteiger partial charge on any atom is -0.456 e. The second-order valence-electron chi connectivity index (χ2n) is 9.85. The van der Waals surface area contributed by atoms with Gasteiger partial charge in [-0.1, -0.05) is 96.9 Å². The molecule has 0 saturated carbocycles. The van der Waals surface area contributed by atoms with Gasteiger partial charge in [0.2, 0.25) is 0 Å². The lowest BCUT2D eigenvalue weighted by Gasteiger charge is -2.22. The van der Waals surface area contributed by atoms with E-state index < -0.39 is 36.3 Å². The summed E-state index contributed by atoms with van der Waals surface area (Å²) < 4.78 is 87.2. The normalized spacial score (nSPS) is 15.3. The summed E-state index contributed by atoms with van der Waals surface area (Å²) in [4.78, 5) is 0. The van der Waals surface area contributed by atoms with Gasteiger partial charge in [0, 0.05) is 32.8 Å². The van der Waals surface area contributed by atoms with E-state index in [0.717, 1.165) is 38.3 Å². The Hall–Kier alpha value is -5.34. The molecule has 1 aliphatic rings. The number of rotatable bonds is 2. The fraction of sp³-hybridized carbons (Fsp3) is 0. The molecule has 186 valence electrons. The van der Waals surface area contributed by atoms with Crippen molar-refractivity contribution in [2.45, 2.75) is 0 Å². The van der Waals surface area contributed by atoms with Crippen LogP contribution in [0.3, 0.4) is 0 Å². The van der Waals surface area contributed by atoms with Crippen molar-refractivity contribution < 1.29 is 17.1 Å². The molecular weight excluding hydrogens is 486 g/mol. The Morgan fingerprint density at radius 3 is 2.35 bits per heavy atom. The van der Waals surface area contributed by atoms with E-state index in [-0.39, 0.29) is 57.1 Å². The second-order valence-corrected chi connectivity index (χ2v) is 9.85. The van der Waals surface area contributed by atoms with Crippen molar-refractivity contribution in [3.8, 4) is 39.4 Å². The summed E-state index contributed by atoms with van der Waals surface area (Å²) in [6, 6.07) is 24.3. The highest BCUT2D eigenvalue weighted by Gasteiger charge is 2.21. The number of para-hydroxylation sites is 1. The highest BCUT2D eigenvalue weighted by Crippen LogP contribution is 2.48. The van der Waals surface area contributed by atoms with Crippen LogP contribution in [-0.4, -0.2) is 4.57 Å². The Morgan fingerprint density at radius 1 is 0.575 bits per heavy atom. The molecule has 2 nitrogen and oxygen atoms in total. The van der Waals surface area contributed by atoms with Crippen molar-refractivity contribution in [3.05, 3.63) is 139 Å². The average Bonchev–Trinajstić information content (AvgIpc) is 3.46. The Bertz CT molecular complexity index is 2780. The SMILES string of the molecule is [2H]c1c([2H])c(-c2ccc3c(c2)c2ccc4ccccc4c2n3-c2ccccc2)c([2H])c2c1Oc1c([2H])c([2H])c([2H])c3c([2H])c([2H])c([2H])c-2c13. The first kappa shape index (κ1) is 14.7. The molecule has 2 heteroatoms. The van der Waals surface area contributed by atoms with Crippen molar-refractivity contribution in [1.82, 2.24) is 4.57 Å². The molecule has 0 atom stereocenters. The first-order valence-electron chi connectivity index (χ1n) is 17.5. The van der Waals surface area contributed by atoms with Crippen LogP contribution >= 0.6 is 0 Å². The molecule has 40 heavy (non-hydrogen) atoms. The fourth-order valence-electron chi connectivity index (χ4n) is 5.88. The molecule has 0 amide bonds. The molecule has 0 fully saturated rings. The third-order valence-corrected chi connectivity index (χ3v) is 7.65. The zero-order valence-electron chi connectivity index (χ0n) is 29.9. The summed E-state index contributed by atoms with van der Waals surface area (Å²) in [7, 11) is 0. The molecule has 1 aliphatic heterocycles.